The van der Waals surface area contributed by atoms with Gasteiger partial charge in [0.05, 0.1) is 29.9 Å². The number of ether oxygens (including phenoxy) is 2. The van der Waals surface area contributed by atoms with E-state index in [0.717, 1.165) is 22.9 Å². The summed E-state index contributed by atoms with van der Waals surface area (Å²) in [6, 6.07) is 20.2. The molecular formula is C27H22N4O5S2. The Kier molecular flexibility index (Phi) is 6.16. The number of benzene rings is 3. The molecule has 3 heterocycles. The number of carbonyl (C=O) groups excluding carboxylic acids is 1. The molecule has 4 aromatic rings. The highest BCUT2D eigenvalue weighted by Gasteiger charge is 2.36. The minimum absolute atomic E-state index is 0.0407. The second-order valence-electron chi connectivity index (χ2n) is 8.73. The number of nitrogens with one attached hydrogen (secondary N) is 1. The minimum Gasteiger partial charge on any atom is -0.454 e. The zero-order valence-electron chi connectivity index (χ0n) is 20.2. The third kappa shape index (κ3) is 4.44. The molecular weight excluding hydrogens is 524 g/mol. The molecule has 38 heavy (non-hydrogen) atoms. The van der Waals surface area contributed by atoms with Crippen LogP contribution < -0.4 is 19.1 Å². The monoisotopic (exact) mass is 546 g/mol. The van der Waals surface area contributed by atoms with Gasteiger partial charge < -0.3 is 14.8 Å². The normalized spacial score (nSPS) is 14.5. The van der Waals surface area contributed by atoms with Crippen molar-refractivity contribution in [3.63, 3.8) is 0 Å². The average molecular weight is 547 g/mol. The number of sulfonamides is 1. The highest BCUT2D eigenvalue weighted by molar-refractivity contribution is 7.99. The molecule has 0 saturated heterocycles. The fourth-order valence-corrected chi connectivity index (χ4v) is 6.53. The summed E-state index contributed by atoms with van der Waals surface area (Å²) in [7, 11) is -3.91. The Bertz CT molecular complexity index is 1680. The van der Waals surface area contributed by atoms with Crippen LogP contribution in [0.1, 0.15) is 11.1 Å². The van der Waals surface area contributed by atoms with Crippen LogP contribution >= 0.6 is 11.8 Å². The van der Waals surface area contributed by atoms with E-state index in [2.05, 4.69) is 15.3 Å². The summed E-state index contributed by atoms with van der Waals surface area (Å²) in [6.45, 7) is 2.31. The smallest absolute Gasteiger partial charge is 0.268 e. The summed E-state index contributed by atoms with van der Waals surface area (Å²) >= 11 is 1.13. The van der Waals surface area contributed by atoms with Crippen molar-refractivity contribution in [2.45, 2.75) is 23.5 Å². The first-order valence-electron chi connectivity index (χ1n) is 11.8. The summed E-state index contributed by atoms with van der Waals surface area (Å²) in [6.07, 6.45) is 1.33. The van der Waals surface area contributed by atoms with Crippen LogP contribution in [-0.4, -0.2) is 36.8 Å². The lowest BCUT2D eigenvalue weighted by atomic mass is 10.1. The van der Waals surface area contributed by atoms with Crippen LogP contribution in [-0.2, 0) is 21.4 Å². The number of hydrogen-bond acceptors (Lipinski definition) is 8. The highest BCUT2D eigenvalue weighted by atomic mass is 32.2. The Hall–Kier alpha value is -4.09. The number of rotatable bonds is 6. The molecule has 0 aliphatic carbocycles. The Morgan fingerprint density at radius 1 is 1.05 bits per heavy atom. The van der Waals surface area contributed by atoms with Gasteiger partial charge in [-0.1, -0.05) is 54.2 Å². The van der Waals surface area contributed by atoms with Gasteiger partial charge in [-0.3, -0.25) is 9.10 Å². The van der Waals surface area contributed by atoms with Gasteiger partial charge >= 0.3 is 0 Å². The van der Waals surface area contributed by atoms with Gasteiger partial charge in [-0.25, -0.2) is 18.4 Å². The van der Waals surface area contributed by atoms with Crippen LogP contribution in [0.15, 0.2) is 83.0 Å². The van der Waals surface area contributed by atoms with Crippen molar-refractivity contribution >= 4 is 39.1 Å². The molecule has 2 aliphatic rings. The first-order valence-corrected chi connectivity index (χ1v) is 14.2. The molecule has 0 spiro atoms. The van der Waals surface area contributed by atoms with E-state index in [1.54, 1.807) is 24.3 Å². The molecule has 6 rings (SSSR count). The van der Waals surface area contributed by atoms with Crippen LogP contribution in [0.25, 0.3) is 11.3 Å². The van der Waals surface area contributed by atoms with Gasteiger partial charge in [-0.05, 0) is 36.2 Å². The molecule has 1 amide bonds. The van der Waals surface area contributed by atoms with Crippen LogP contribution in [0.5, 0.6) is 11.5 Å². The molecule has 0 atom stereocenters. The third-order valence-corrected chi connectivity index (χ3v) is 8.91. The van der Waals surface area contributed by atoms with Gasteiger partial charge in [-0.15, -0.1) is 0 Å². The largest absolute Gasteiger partial charge is 0.454 e. The van der Waals surface area contributed by atoms with Crippen LogP contribution in [0.2, 0.25) is 0 Å². The van der Waals surface area contributed by atoms with Crippen molar-refractivity contribution in [2.24, 2.45) is 0 Å². The number of hydrogen-bond donors (Lipinski definition) is 1. The van der Waals surface area contributed by atoms with E-state index in [1.807, 2.05) is 49.4 Å². The summed E-state index contributed by atoms with van der Waals surface area (Å²) in [4.78, 5) is 21.4. The Labute approximate surface area is 223 Å². The van der Waals surface area contributed by atoms with Gasteiger partial charge in [0.2, 0.25) is 12.7 Å². The number of aryl methyl sites for hydroxylation is 1. The first-order chi connectivity index (χ1) is 18.4. The molecule has 2 aliphatic heterocycles. The molecule has 0 radical (unpaired) electrons. The van der Waals surface area contributed by atoms with E-state index in [4.69, 9.17) is 9.47 Å². The first kappa shape index (κ1) is 24.3. The van der Waals surface area contributed by atoms with Gasteiger partial charge in [-0.2, -0.15) is 0 Å². The Morgan fingerprint density at radius 3 is 2.71 bits per heavy atom. The van der Waals surface area contributed by atoms with Crippen molar-refractivity contribution < 1.29 is 22.7 Å². The second-order valence-corrected chi connectivity index (χ2v) is 11.5. The number of amides is 1. The predicted molar refractivity (Wildman–Crippen MR) is 144 cm³/mol. The number of aromatic nitrogens is 2. The topological polar surface area (TPSA) is 111 Å². The number of para-hydroxylation sites is 1. The Morgan fingerprint density at radius 2 is 1.84 bits per heavy atom. The molecule has 0 bridgehead atoms. The maximum atomic E-state index is 13.7. The van der Waals surface area contributed by atoms with Crippen LogP contribution in [0.3, 0.4) is 0 Å². The summed E-state index contributed by atoms with van der Waals surface area (Å²) in [5, 5.41) is 3.12. The molecule has 0 unspecified atom stereocenters. The van der Waals surface area contributed by atoms with E-state index in [1.165, 1.54) is 10.5 Å². The summed E-state index contributed by atoms with van der Waals surface area (Å²) in [5.74, 6) is 0.992. The van der Waals surface area contributed by atoms with Crippen molar-refractivity contribution in [1.29, 1.82) is 0 Å². The number of anilines is 2. The van der Waals surface area contributed by atoms with E-state index in [-0.39, 0.29) is 29.9 Å². The van der Waals surface area contributed by atoms with Crippen molar-refractivity contribution in [2.75, 3.05) is 22.2 Å². The quantitative estimate of drug-likeness (QED) is 0.276. The minimum atomic E-state index is -3.91. The van der Waals surface area contributed by atoms with Crippen molar-refractivity contribution in [1.82, 2.24) is 9.97 Å². The van der Waals surface area contributed by atoms with Crippen molar-refractivity contribution in [3.8, 4) is 22.8 Å². The second kappa shape index (κ2) is 9.66. The predicted octanol–water partition coefficient (Wildman–Crippen LogP) is 4.62. The molecule has 3 aromatic carbocycles. The van der Waals surface area contributed by atoms with Crippen LogP contribution in [0.4, 0.5) is 11.4 Å². The van der Waals surface area contributed by atoms with Crippen LogP contribution in [0, 0.1) is 6.92 Å². The van der Waals surface area contributed by atoms with Gasteiger partial charge in [0.25, 0.3) is 10.0 Å². The fourth-order valence-electron chi connectivity index (χ4n) is 4.36. The van der Waals surface area contributed by atoms with E-state index >= 15 is 0 Å². The van der Waals surface area contributed by atoms with Gasteiger partial charge in [0, 0.05) is 17.3 Å². The molecule has 1 N–H and O–H groups in total. The average Bonchev–Trinajstić information content (AvgIpc) is 3.39. The maximum Gasteiger partial charge on any atom is 0.268 e. The lowest BCUT2D eigenvalue weighted by Gasteiger charge is -2.31. The molecule has 0 saturated carbocycles. The zero-order valence-corrected chi connectivity index (χ0v) is 21.9. The summed E-state index contributed by atoms with van der Waals surface area (Å²) < 4.78 is 39.4. The molecule has 9 nitrogen and oxygen atoms in total. The maximum absolute atomic E-state index is 13.7. The van der Waals surface area contributed by atoms with Crippen molar-refractivity contribution in [3.05, 3.63) is 84.1 Å². The molecule has 1 aromatic heterocycles. The lowest BCUT2D eigenvalue weighted by Crippen LogP contribution is -2.34. The van der Waals surface area contributed by atoms with E-state index < -0.39 is 10.0 Å². The standard InChI is InChI=1S/C27H22N4O5S2/c1-17-6-2-3-7-18(17)14-31-21-9-5-4-8-20(21)26-24(38(31,33)34)13-28-27(30-26)37-15-25(32)29-19-10-11-22-23(12-19)36-16-35-22/h2-13H,14-16H2,1H3,(H,29,32). The van der Waals surface area contributed by atoms with E-state index in [9.17, 15) is 13.2 Å². The third-order valence-electron chi connectivity index (χ3n) is 6.29. The highest BCUT2D eigenvalue weighted by Crippen LogP contribution is 2.43. The fraction of sp³-hybridized carbons (Fsp3) is 0.148. The van der Waals surface area contributed by atoms with Gasteiger partial charge in [0.15, 0.2) is 16.7 Å². The lowest BCUT2D eigenvalue weighted by molar-refractivity contribution is -0.113. The Balaban J connectivity index is 1.24. The zero-order chi connectivity index (χ0) is 26.3. The van der Waals surface area contributed by atoms with Gasteiger partial charge in [0.1, 0.15) is 4.90 Å². The molecule has 192 valence electrons. The number of thioether (sulfide) groups is 1. The van der Waals surface area contributed by atoms with E-state index in [0.29, 0.717) is 39.3 Å². The molecule has 0 fully saturated rings. The SMILES string of the molecule is Cc1ccccc1CN1c2ccccc2-c2nc(SCC(=O)Nc3ccc4c(c3)OCO4)ncc2S1(=O)=O. The molecule has 11 heteroatoms. The number of carbonyl (C=O) groups is 1. The number of nitrogens with zero attached hydrogens (tertiary/aromatic N) is 3. The summed E-state index contributed by atoms with van der Waals surface area (Å²) in [5.41, 5.74) is 4.08. The number of fused-ring (bicyclic) bond motifs is 4.